The molecule has 0 saturated carbocycles. The fraction of sp³-hybridized carbons (Fsp3) is 0.571. The Kier molecular flexibility index (Phi) is 5.75. The minimum atomic E-state index is -4.88. The predicted octanol–water partition coefficient (Wildman–Crippen LogP) is 3.97. The zero-order chi connectivity index (χ0) is 17.3. The number of hydrogen-bond donors (Lipinski definition) is 1. The highest BCUT2D eigenvalue weighted by Gasteiger charge is 2.40. The van der Waals surface area contributed by atoms with E-state index in [-0.39, 0.29) is 5.56 Å². The van der Waals surface area contributed by atoms with Crippen molar-refractivity contribution in [3.63, 3.8) is 0 Å². The summed E-state index contributed by atoms with van der Waals surface area (Å²) in [5.41, 5.74) is -1.67. The molecule has 126 valence electrons. The Hall–Kier alpha value is -0.990. The lowest BCUT2D eigenvalue weighted by Gasteiger charge is -2.27. The smallest absolute Gasteiger partial charge is 0.422 e. The van der Waals surface area contributed by atoms with Gasteiger partial charge in [0.1, 0.15) is 21.9 Å². The SMILES string of the molecule is COc1ccc(C(C)N[S+]([O-])C(C)(C)C)c(F)c1C(F)(F)F. The molecule has 0 heterocycles. The summed E-state index contributed by atoms with van der Waals surface area (Å²) in [7, 11) is 1.04. The van der Waals surface area contributed by atoms with Gasteiger partial charge in [0.15, 0.2) is 0 Å². The fourth-order valence-electron chi connectivity index (χ4n) is 1.74. The summed E-state index contributed by atoms with van der Waals surface area (Å²) in [5, 5.41) is 0. The summed E-state index contributed by atoms with van der Waals surface area (Å²) in [4.78, 5) is 0. The maximum absolute atomic E-state index is 14.3. The lowest BCUT2D eigenvalue weighted by Crippen LogP contribution is -2.40. The summed E-state index contributed by atoms with van der Waals surface area (Å²) < 4.78 is 71.8. The Morgan fingerprint density at radius 2 is 1.77 bits per heavy atom. The van der Waals surface area contributed by atoms with Gasteiger partial charge in [-0.1, -0.05) is 6.07 Å². The number of hydrogen-bond acceptors (Lipinski definition) is 3. The number of rotatable bonds is 4. The second kappa shape index (κ2) is 6.64. The summed E-state index contributed by atoms with van der Waals surface area (Å²) in [6.45, 7) is 6.56. The van der Waals surface area contributed by atoms with Crippen LogP contribution in [0.25, 0.3) is 0 Å². The quantitative estimate of drug-likeness (QED) is 0.666. The first-order valence-corrected chi connectivity index (χ1v) is 7.66. The van der Waals surface area contributed by atoms with Crippen molar-refractivity contribution in [1.82, 2.24) is 4.72 Å². The molecule has 1 N–H and O–H groups in total. The molecule has 0 amide bonds. The van der Waals surface area contributed by atoms with Crippen LogP contribution >= 0.6 is 0 Å². The molecule has 0 aromatic heterocycles. The van der Waals surface area contributed by atoms with E-state index in [1.165, 1.54) is 13.0 Å². The molecule has 0 aliphatic rings. The van der Waals surface area contributed by atoms with Gasteiger partial charge >= 0.3 is 6.18 Å². The summed E-state index contributed by atoms with van der Waals surface area (Å²) in [6, 6.07) is 1.40. The molecule has 3 nitrogen and oxygen atoms in total. The van der Waals surface area contributed by atoms with Gasteiger partial charge in [0.25, 0.3) is 0 Å². The molecule has 1 aromatic carbocycles. The van der Waals surface area contributed by atoms with Crippen molar-refractivity contribution in [1.29, 1.82) is 0 Å². The monoisotopic (exact) mass is 341 g/mol. The van der Waals surface area contributed by atoms with Crippen LogP contribution in [0.3, 0.4) is 0 Å². The van der Waals surface area contributed by atoms with E-state index in [1.54, 1.807) is 20.8 Å². The van der Waals surface area contributed by atoms with E-state index >= 15 is 0 Å². The van der Waals surface area contributed by atoms with Crippen molar-refractivity contribution in [2.24, 2.45) is 0 Å². The molecule has 0 saturated heterocycles. The van der Waals surface area contributed by atoms with Gasteiger partial charge in [-0.05, 0) is 33.8 Å². The molecule has 0 bridgehead atoms. The van der Waals surface area contributed by atoms with Crippen molar-refractivity contribution >= 4 is 11.4 Å². The van der Waals surface area contributed by atoms with E-state index in [0.717, 1.165) is 13.2 Å². The molecule has 0 spiro atoms. The lowest BCUT2D eigenvalue weighted by molar-refractivity contribution is -0.141. The molecule has 1 rings (SSSR count). The molecule has 1 aromatic rings. The topological polar surface area (TPSA) is 44.3 Å². The minimum absolute atomic E-state index is 0.217. The van der Waals surface area contributed by atoms with Crippen molar-refractivity contribution in [3.8, 4) is 5.75 Å². The summed E-state index contributed by atoms with van der Waals surface area (Å²) in [6.07, 6.45) is -4.88. The number of ether oxygens (including phenoxy) is 1. The number of alkyl halides is 3. The Bertz CT molecular complexity index is 529. The third-order valence-corrected chi connectivity index (χ3v) is 4.62. The van der Waals surface area contributed by atoms with E-state index in [0.29, 0.717) is 0 Å². The van der Waals surface area contributed by atoms with Crippen molar-refractivity contribution < 1.29 is 26.9 Å². The first-order valence-electron chi connectivity index (χ1n) is 6.51. The maximum atomic E-state index is 14.3. The summed E-state index contributed by atoms with van der Waals surface area (Å²) in [5.74, 6) is -2.00. The highest BCUT2D eigenvalue weighted by molar-refractivity contribution is 7.90. The first-order chi connectivity index (χ1) is 9.89. The van der Waals surface area contributed by atoms with E-state index < -0.39 is 45.5 Å². The lowest BCUT2D eigenvalue weighted by atomic mass is 10.0. The Morgan fingerprint density at radius 1 is 1.23 bits per heavy atom. The molecular weight excluding hydrogens is 322 g/mol. The third-order valence-electron chi connectivity index (χ3n) is 2.94. The van der Waals surface area contributed by atoms with Crippen LogP contribution in [-0.2, 0) is 17.5 Å². The molecule has 22 heavy (non-hydrogen) atoms. The van der Waals surface area contributed by atoms with Gasteiger partial charge in [-0.2, -0.15) is 13.2 Å². The van der Waals surface area contributed by atoms with Crippen molar-refractivity contribution in [3.05, 3.63) is 29.1 Å². The van der Waals surface area contributed by atoms with Crippen molar-refractivity contribution in [2.75, 3.05) is 7.11 Å². The van der Waals surface area contributed by atoms with E-state index in [2.05, 4.69) is 9.46 Å². The standard InChI is InChI=1S/C14H19F4NO2S/c1-8(19-22(20)13(2,3)4)9-6-7-10(21-5)11(12(9)15)14(16,17)18/h6-8,19H,1-5H3. The van der Waals surface area contributed by atoms with E-state index in [4.69, 9.17) is 0 Å². The van der Waals surface area contributed by atoms with Crippen LogP contribution in [0.4, 0.5) is 17.6 Å². The highest BCUT2D eigenvalue weighted by atomic mass is 32.2. The second-order valence-electron chi connectivity index (χ2n) is 5.76. The molecule has 0 aliphatic carbocycles. The van der Waals surface area contributed by atoms with Gasteiger partial charge in [-0.3, -0.25) is 0 Å². The van der Waals surface area contributed by atoms with Crippen LogP contribution < -0.4 is 9.46 Å². The van der Waals surface area contributed by atoms with Gasteiger partial charge < -0.3 is 9.29 Å². The molecule has 0 fully saturated rings. The number of halogens is 4. The van der Waals surface area contributed by atoms with Crippen LogP contribution in [0.1, 0.15) is 44.9 Å². The largest absolute Gasteiger partial charge is 0.598 e. The molecular formula is C14H19F4NO2S. The average molecular weight is 341 g/mol. The van der Waals surface area contributed by atoms with E-state index in [1.807, 2.05) is 0 Å². The van der Waals surface area contributed by atoms with Gasteiger partial charge in [-0.25, -0.2) is 4.39 Å². The van der Waals surface area contributed by atoms with Crippen LogP contribution in [0.2, 0.25) is 0 Å². The second-order valence-corrected chi connectivity index (χ2v) is 7.76. The normalized spacial score (nSPS) is 15.5. The fourth-order valence-corrected chi connectivity index (χ4v) is 2.55. The van der Waals surface area contributed by atoms with Crippen LogP contribution in [0.15, 0.2) is 12.1 Å². The molecule has 2 unspecified atom stereocenters. The predicted molar refractivity (Wildman–Crippen MR) is 77.4 cm³/mol. The Balaban J connectivity index is 3.22. The third kappa shape index (κ3) is 4.27. The molecule has 8 heteroatoms. The van der Waals surface area contributed by atoms with Crippen LogP contribution in [0, 0.1) is 5.82 Å². The zero-order valence-electron chi connectivity index (χ0n) is 13.0. The van der Waals surface area contributed by atoms with Crippen LogP contribution in [0.5, 0.6) is 5.75 Å². The first kappa shape index (κ1) is 19.1. The van der Waals surface area contributed by atoms with Gasteiger partial charge in [0, 0.05) is 16.9 Å². The highest BCUT2D eigenvalue weighted by Crippen LogP contribution is 2.40. The Morgan fingerprint density at radius 3 is 2.18 bits per heavy atom. The molecule has 2 atom stereocenters. The number of benzene rings is 1. The van der Waals surface area contributed by atoms with E-state index in [9.17, 15) is 22.1 Å². The number of nitrogens with one attached hydrogen (secondary N) is 1. The Labute approximate surface area is 130 Å². The van der Waals surface area contributed by atoms with Gasteiger partial charge in [0.05, 0.1) is 13.2 Å². The maximum Gasteiger partial charge on any atom is 0.422 e. The molecule has 0 aliphatic heterocycles. The average Bonchev–Trinajstić information content (AvgIpc) is 2.35. The van der Waals surface area contributed by atoms with Gasteiger partial charge in [0.2, 0.25) is 0 Å². The van der Waals surface area contributed by atoms with Crippen molar-refractivity contribution in [2.45, 2.75) is 44.7 Å². The van der Waals surface area contributed by atoms with Gasteiger partial charge in [-0.15, -0.1) is 4.72 Å². The van der Waals surface area contributed by atoms with Crippen LogP contribution in [-0.4, -0.2) is 16.4 Å². The molecule has 0 radical (unpaired) electrons. The summed E-state index contributed by atoms with van der Waals surface area (Å²) >= 11 is -1.54. The number of methoxy groups -OCH3 is 1. The zero-order valence-corrected chi connectivity index (χ0v) is 13.8. The minimum Gasteiger partial charge on any atom is -0.598 e.